The van der Waals surface area contributed by atoms with Crippen molar-refractivity contribution in [3.8, 4) is 0 Å². The van der Waals surface area contributed by atoms with Crippen LogP contribution in [0.3, 0.4) is 0 Å². The maximum absolute atomic E-state index is 9.65. The van der Waals surface area contributed by atoms with Crippen LogP contribution in [-0.4, -0.2) is 11.2 Å². The summed E-state index contributed by atoms with van der Waals surface area (Å²) in [5.74, 6) is 0.216. The highest BCUT2D eigenvalue weighted by atomic mass is 16.3. The molecule has 0 aliphatic heterocycles. The van der Waals surface area contributed by atoms with Crippen LogP contribution in [0.15, 0.2) is 36.9 Å². The number of aliphatic hydroxyl groups excluding tert-OH is 1. The lowest BCUT2D eigenvalue weighted by molar-refractivity contribution is 0.162. The Labute approximate surface area is 105 Å². The van der Waals surface area contributed by atoms with E-state index in [-0.39, 0.29) is 11.3 Å². The molecule has 1 N–H and O–H groups in total. The van der Waals surface area contributed by atoms with Crippen LogP contribution in [0.4, 0.5) is 0 Å². The second kappa shape index (κ2) is 5.50. The molecule has 1 nitrogen and oxygen atoms in total. The molecule has 0 spiro atoms. The van der Waals surface area contributed by atoms with Crippen molar-refractivity contribution in [3.05, 3.63) is 48.0 Å². The highest BCUT2D eigenvalue weighted by molar-refractivity contribution is 5.27. The van der Waals surface area contributed by atoms with Crippen molar-refractivity contribution in [1.29, 1.82) is 0 Å². The fourth-order valence-electron chi connectivity index (χ4n) is 1.87. The number of rotatable bonds is 4. The molecule has 0 aromatic heterocycles. The number of hydrogen-bond acceptors (Lipinski definition) is 1. The standard InChI is InChI=1S/C16H24O/c1-6-15(17)12(2)11-13-7-9-14(10-8-13)16(3,4)5/h6-10,12,15,17H,1,11H2,2-5H3. The van der Waals surface area contributed by atoms with E-state index in [1.165, 1.54) is 11.1 Å². The SMILES string of the molecule is C=CC(O)C(C)Cc1ccc(C(C)(C)C)cc1. The summed E-state index contributed by atoms with van der Waals surface area (Å²) in [5, 5.41) is 9.65. The molecule has 1 heteroatoms. The molecule has 94 valence electrons. The molecule has 0 fully saturated rings. The van der Waals surface area contributed by atoms with Crippen LogP contribution in [0.1, 0.15) is 38.8 Å². The van der Waals surface area contributed by atoms with E-state index in [1.807, 2.05) is 6.92 Å². The average molecular weight is 232 g/mol. The largest absolute Gasteiger partial charge is 0.389 e. The lowest BCUT2D eigenvalue weighted by Gasteiger charge is -2.20. The van der Waals surface area contributed by atoms with Gasteiger partial charge >= 0.3 is 0 Å². The summed E-state index contributed by atoms with van der Waals surface area (Å²) in [6.07, 6.45) is 2.07. The lowest BCUT2D eigenvalue weighted by Crippen LogP contribution is -2.17. The fraction of sp³-hybridized carbons (Fsp3) is 0.500. The smallest absolute Gasteiger partial charge is 0.0746 e. The zero-order chi connectivity index (χ0) is 13.1. The van der Waals surface area contributed by atoms with E-state index in [2.05, 4.69) is 51.6 Å². The van der Waals surface area contributed by atoms with E-state index in [1.54, 1.807) is 6.08 Å². The highest BCUT2D eigenvalue weighted by Gasteiger charge is 2.14. The van der Waals surface area contributed by atoms with E-state index < -0.39 is 6.10 Å². The quantitative estimate of drug-likeness (QED) is 0.785. The van der Waals surface area contributed by atoms with E-state index >= 15 is 0 Å². The van der Waals surface area contributed by atoms with Crippen LogP contribution in [0.25, 0.3) is 0 Å². The van der Waals surface area contributed by atoms with Gasteiger partial charge in [0, 0.05) is 0 Å². The first kappa shape index (κ1) is 14.0. The van der Waals surface area contributed by atoms with Gasteiger partial charge in [0.15, 0.2) is 0 Å². The molecule has 2 unspecified atom stereocenters. The molecule has 17 heavy (non-hydrogen) atoms. The minimum absolute atomic E-state index is 0.199. The molecule has 0 aliphatic carbocycles. The predicted octanol–water partition coefficient (Wildman–Crippen LogP) is 3.71. The summed E-state index contributed by atoms with van der Waals surface area (Å²) in [4.78, 5) is 0. The third-order valence-electron chi connectivity index (χ3n) is 3.20. The molecule has 1 rings (SSSR count). The predicted molar refractivity (Wildman–Crippen MR) is 74.2 cm³/mol. The second-order valence-electron chi connectivity index (χ2n) is 5.85. The molecule has 2 atom stereocenters. The van der Waals surface area contributed by atoms with Crippen LogP contribution >= 0.6 is 0 Å². The molecular formula is C16H24O. The zero-order valence-corrected chi connectivity index (χ0v) is 11.4. The maximum atomic E-state index is 9.65. The van der Waals surface area contributed by atoms with Crippen molar-refractivity contribution in [1.82, 2.24) is 0 Å². The summed E-state index contributed by atoms with van der Waals surface area (Å²) < 4.78 is 0. The van der Waals surface area contributed by atoms with E-state index in [9.17, 15) is 5.11 Å². The molecule has 0 amide bonds. The van der Waals surface area contributed by atoms with Crippen LogP contribution in [0.5, 0.6) is 0 Å². The van der Waals surface area contributed by atoms with Crippen LogP contribution in [-0.2, 0) is 11.8 Å². The van der Waals surface area contributed by atoms with Gasteiger partial charge in [0.1, 0.15) is 0 Å². The Hall–Kier alpha value is -1.08. The average Bonchev–Trinajstić information content (AvgIpc) is 2.27. The van der Waals surface area contributed by atoms with Crippen molar-refractivity contribution < 1.29 is 5.11 Å². The van der Waals surface area contributed by atoms with Gasteiger partial charge in [-0.3, -0.25) is 0 Å². The Balaban J connectivity index is 2.72. The lowest BCUT2D eigenvalue weighted by atomic mass is 9.86. The van der Waals surface area contributed by atoms with Gasteiger partial charge in [-0.2, -0.15) is 0 Å². The molecule has 0 aliphatic rings. The third kappa shape index (κ3) is 4.01. The van der Waals surface area contributed by atoms with Gasteiger partial charge in [-0.25, -0.2) is 0 Å². The summed E-state index contributed by atoms with van der Waals surface area (Å²) in [5.41, 5.74) is 2.81. The van der Waals surface area contributed by atoms with Crippen LogP contribution in [0, 0.1) is 5.92 Å². The number of aliphatic hydroxyl groups is 1. The van der Waals surface area contributed by atoms with Crippen molar-refractivity contribution >= 4 is 0 Å². The van der Waals surface area contributed by atoms with Crippen molar-refractivity contribution in [2.45, 2.75) is 45.6 Å². The van der Waals surface area contributed by atoms with Crippen molar-refractivity contribution in [3.63, 3.8) is 0 Å². The normalized spacial score (nSPS) is 15.4. The highest BCUT2D eigenvalue weighted by Crippen LogP contribution is 2.23. The van der Waals surface area contributed by atoms with Crippen LogP contribution < -0.4 is 0 Å². The summed E-state index contributed by atoms with van der Waals surface area (Å²) in [6.45, 7) is 12.3. The molecule has 0 saturated carbocycles. The Morgan fingerprint density at radius 2 is 1.76 bits per heavy atom. The third-order valence-corrected chi connectivity index (χ3v) is 3.20. The van der Waals surface area contributed by atoms with Gasteiger partial charge in [0.25, 0.3) is 0 Å². The maximum Gasteiger partial charge on any atom is 0.0746 e. The Bertz CT molecular complexity index is 356. The minimum atomic E-state index is -0.419. The monoisotopic (exact) mass is 232 g/mol. The Morgan fingerprint density at radius 3 is 2.18 bits per heavy atom. The first-order valence-corrected chi connectivity index (χ1v) is 6.24. The summed E-state index contributed by atoms with van der Waals surface area (Å²) >= 11 is 0. The fourth-order valence-corrected chi connectivity index (χ4v) is 1.87. The van der Waals surface area contributed by atoms with E-state index in [0.717, 1.165) is 6.42 Å². The Morgan fingerprint density at radius 1 is 1.24 bits per heavy atom. The molecule has 1 aromatic carbocycles. The van der Waals surface area contributed by atoms with Gasteiger partial charge in [0.2, 0.25) is 0 Å². The first-order chi connectivity index (χ1) is 7.84. The minimum Gasteiger partial charge on any atom is -0.389 e. The van der Waals surface area contributed by atoms with Gasteiger partial charge in [-0.15, -0.1) is 6.58 Å². The number of hydrogen-bond donors (Lipinski definition) is 1. The Kier molecular flexibility index (Phi) is 4.53. The summed E-state index contributed by atoms with van der Waals surface area (Å²) in [7, 11) is 0. The van der Waals surface area contributed by atoms with Gasteiger partial charge in [-0.1, -0.05) is 58.0 Å². The zero-order valence-electron chi connectivity index (χ0n) is 11.4. The number of benzene rings is 1. The molecule has 0 bridgehead atoms. The van der Waals surface area contributed by atoms with Crippen molar-refractivity contribution in [2.24, 2.45) is 5.92 Å². The molecule has 0 heterocycles. The summed E-state index contributed by atoms with van der Waals surface area (Å²) in [6, 6.07) is 8.68. The van der Waals surface area contributed by atoms with E-state index in [0.29, 0.717) is 0 Å². The molecule has 0 radical (unpaired) electrons. The van der Waals surface area contributed by atoms with Gasteiger partial charge in [-0.05, 0) is 28.9 Å². The first-order valence-electron chi connectivity index (χ1n) is 6.24. The molecular weight excluding hydrogens is 208 g/mol. The van der Waals surface area contributed by atoms with E-state index in [4.69, 9.17) is 0 Å². The van der Waals surface area contributed by atoms with Gasteiger partial charge in [0.05, 0.1) is 6.10 Å². The second-order valence-corrected chi connectivity index (χ2v) is 5.85. The molecule has 0 saturated heterocycles. The van der Waals surface area contributed by atoms with Gasteiger partial charge < -0.3 is 5.11 Å². The van der Waals surface area contributed by atoms with Crippen LogP contribution in [0.2, 0.25) is 0 Å². The molecule has 1 aromatic rings. The topological polar surface area (TPSA) is 20.2 Å². The van der Waals surface area contributed by atoms with Crippen molar-refractivity contribution in [2.75, 3.05) is 0 Å².